The lowest BCUT2D eigenvalue weighted by atomic mass is 9.95. The Hall–Kier alpha value is -5.64. The maximum Gasteiger partial charge on any atom is 0.164 e. The molecule has 0 aliphatic rings. The number of rotatable bonds is 3. The molecule has 2 aromatic heterocycles. The molecule has 0 amide bonds. The standard InChI is InChI=1S/C33H14F3N5S/c34-29-23(15-37)30(35)27(31(36)24(29)16-38)19-9-5-17(6-10-19)18-7-11-20(12-8-18)32-22-13-14-26-33(41-42-40-26)28(22)21-3-1-2-4-25(21)39-32/h1-14H. The Balaban J connectivity index is 1.29. The van der Waals surface area contributed by atoms with Gasteiger partial charge in [0.05, 0.1) is 28.5 Å². The third-order valence-corrected chi connectivity index (χ3v) is 7.84. The Labute approximate surface area is 240 Å². The number of hydrogen-bond donors (Lipinski definition) is 0. The Morgan fingerprint density at radius 3 is 1.81 bits per heavy atom. The second-order valence-corrected chi connectivity index (χ2v) is 10.1. The highest BCUT2D eigenvalue weighted by Crippen LogP contribution is 2.38. The zero-order valence-electron chi connectivity index (χ0n) is 21.4. The number of nitrogens with zero attached hydrogens (tertiary/aromatic N) is 5. The number of hydrogen-bond acceptors (Lipinski definition) is 6. The van der Waals surface area contributed by atoms with Crippen molar-refractivity contribution >= 4 is 44.4 Å². The molecule has 0 atom stereocenters. The second kappa shape index (κ2) is 9.77. The molecule has 0 aliphatic carbocycles. The molecule has 5 aromatic carbocycles. The lowest BCUT2D eigenvalue weighted by Gasteiger charge is -2.12. The van der Waals surface area contributed by atoms with Gasteiger partial charge in [-0.2, -0.15) is 19.3 Å². The highest BCUT2D eigenvalue weighted by molar-refractivity contribution is 7.00. The molecular weight excluding hydrogens is 555 g/mol. The van der Waals surface area contributed by atoms with Gasteiger partial charge in [0.2, 0.25) is 0 Å². The molecule has 0 bridgehead atoms. The lowest BCUT2D eigenvalue weighted by Crippen LogP contribution is -2.03. The number of para-hydroxylation sites is 1. The molecule has 0 saturated heterocycles. The van der Waals surface area contributed by atoms with E-state index in [4.69, 9.17) is 15.5 Å². The Morgan fingerprint density at radius 1 is 0.571 bits per heavy atom. The fraction of sp³-hybridized carbons (Fsp3) is 0. The summed E-state index contributed by atoms with van der Waals surface area (Å²) in [4.78, 5) is 4.97. The summed E-state index contributed by atoms with van der Waals surface area (Å²) >= 11 is 1.18. The minimum atomic E-state index is -1.50. The fourth-order valence-corrected chi connectivity index (χ4v) is 5.81. The van der Waals surface area contributed by atoms with E-state index < -0.39 is 34.1 Å². The van der Waals surface area contributed by atoms with E-state index in [2.05, 4.69) is 8.75 Å². The predicted molar refractivity (Wildman–Crippen MR) is 156 cm³/mol. The van der Waals surface area contributed by atoms with Gasteiger partial charge in [-0.1, -0.05) is 66.7 Å². The first-order valence-corrected chi connectivity index (χ1v) is 13.4. The van der Waals surface area contributed by atoms with Crippen LogP contribution in [0.25, 0.3) is 66.2 Å². The van der Waals surface area contributed by atoms with Crippen LogP contribution in [-0.4, -0.2) is 13.7 Å². The van der Waals surface area contributed by atoms with Crippen molar-refractivity contribution in [2.75, 3.05) is 0 Å². The summed E-state index contributed by atoms with van der Waals surface area (Å²) in [7, 11) is 0. The summed E-state index contributed by atoms with van der Waals surface area (Å²) in [5, 5.41) is 21.3. The third kappa shape index (κ3) is 3.80. The van der Waals surface area contributed by atoms with Crippen molar-refractivity contribution in [1.29, 1.82) is 10.5 Å². The number of benzene rings is 5. The smallest absolute Gasteiger partial charge is 0.164 e. The third-order valence-electron chi connectivity index (χ3n) is 7.29. The molecule has 0 N–H and O–H groups in total. The SMILES string of the molecule is N#Cc1c(F)c(C#N)c(F)c(-c2ccc(-c3ccc(-c4nc5ccccc5c5c4ccc4nsnc45)cc3)cc2)c1F. The molecule has 0 fully saturated rings. The van der Waals surface area contributed by atoms with E-state index in [-0.39, 0.29) is 5.56 Å². The first-order valence-electron chi connectivity index (χ1n) is 12.7. The average molecular weight is 570 g/mol. The van der Waals surface area contributed by atoms with Crippen molar-refractivity contribution < 1.29 is 13.2 Å². The summed E-state index contributed by atoms with van der Waals surface area (Å²) in [6.07, 6.45) is 0. The first-order chi connectivity index (χ1) is 20.5. The van der Waals surface area contributed by atoms with Gasteiger partial charge in [0.25, 0.3) is 0 Å². The van der Waals surface area contributed by atoms with Crippen molar-refractivity contribution in [1.82, 2.24) is 13.7 Å². The van der Waals surface area contributed by atoms with E-state index in [1.165, 1.54) is 36.0 Å². The minimum absolute atomic E-state index is 0.0769. The maximum absolute atomic E-state index is 14.9. The molecular formula is C33H14F3N5S. The van der Waals surface area contributed by atoms with Crippen molar-refractivity contribution in [2.24, 2.45) is 0 Å². The Kier molecular flexibility index (Phi) is 5.89. The van der Waals surface area contributed by atoms with E-state index in [1.54, 1.807) is 12.1 Å². The van der Waals surface area contributed by atoms with Crippen LogP contribution in [-0.2, 0) is 0 Å². The van der Waals surface area contributed by atoms with E-state index in [1.807, 2.05) is 60.7 Å². The van der Waals surface area contributed by atoms with Gasteiger partial charge in [0.15, 0.2) is 17.5 Å². The van der Waals surface area contributed by atoms with Gasteiger partial charge in [0.1, 0.15) is 34.3 Å². The van der Waals surface area contributed by atoms with Gasteiger partial charge in [-0.3, -0.25) is 0 Å². The van der Waals surface area contributed by atoms with Crippen LogP contribution < -0.4 is 0 Å². The second-order valence-electron chi connectivity index (χ2n) is 9.54. The van der Waals surface area contributed by atoms with Crippen molar-refractivity contribution in [2.45, 2.75) is 0 Å². The van der Waals surface area contributed by atoms with Crippen molar-refractivity contribution in [3.05, 3.63) is 114 Å². The molecule has 7 aromatic rings. The van der Waals surface area contributed by atoms with Crippen LogP contribution in [0.5, 0.6) is 0 Å². The molecule has 9 heteroatoms. The van der Waals surface area contributed by atoms with Crippen LogP contribution in [0, 0.1) is 40.1 Å². The van der Waals surface area contributed by atoms with Crippen LogP contribution in [0.3, 0.4) is 0 Å². The molecule has 5 nitrogen and oxygen atoms in total. The van der Waals surface area contributed by atoms with E-state index in [0.717, 1.165) is 55.1 Å². The number of pyridine rings is 1. The van der Waals surface area contributed by atoms with E-state index in [9.17, 15) is 13.2 Å². The molecule has 0 aliphatic heterocycles. The lowest BCUT2D eigenvalue weighted by molar-refractivity contribution is 0.539. The molecule has 0 saturated carbocycles. The first kappa shape index (κ1) is 25.3. The van der Waals surface area contributed by atoms with Crippen LogP contribution in [0.1, 0.15) is 11.1 Å². The zero-order chi connectivity index (χ0) is 29.0. The monoisotopic (exact) mass is 569 g/mol. The molecule has 0 radical (unpaired) electrons. The largest absolute Gasteiger partial charge is 0.247 e. The van der Waals surface area contributed by atoms with Gasteiger partial charge < -0.3 is 0 Å². The Bertz CT molecular complexity index is 2260. The summed E-state index contributed by atoms with van der Waals surface area (Å²) < 4.78 is 52.9. The normalized spacial score (nSPS) is 11.2. The predicted octanol–water partition coefficient (Wildman–Crippen LogP) is 8.55. The van der Waals surface area contributed by atoms with Gasteiger partial charge in [-0.15, -0.1) is 0 Å². The number of halogens is 3. The quantitative estimate of drug-likeness (QED) is 0.199. The summed E-state index contributed by atoms with van der Waals surface area (Å²) in [5.74, 6) is -4.19. The molecule has 198 valence electrons. The van der Waals surface area contributed by atoms with Crippen molar-refractivity contribution in [3.8, 4) is 45.6 Å². The topological polar surface area (TPSA) is 86.2 Å². The van der Waals surface area contributed by atoms with E-state index >= 15 is 0 Å². The highest BCUT2D eigenvalue weighted by atomic mass is 32.1. The highest BCUT2D eigenvalue weighted by Gasteiger charge is 2.26. The number of aromatic nitrogens is 3. The van der Waals surface area contributed by atoms with Crippen molar-refractivity contribution in [3.63, 3.8) is 0 Å². The summed E-state index contributed by atoms with van der Waals surface area (Å²) in [5.41, 5.74) is 3.30. The van der Waals surface area contributed by atoms with Gasteiger partial charge in [-0.25, -0.2) is 18.2 Å². The molecule has 2 heterocycles. The van der Waals surface area contributed by atoms with Crippen LogP contribution in [0.2, 0.25) is 0 Å². The summed E-state index contributed by atoms with van der Waals surface area (Å²) in [6.45, 7) is 0. The molecule has 0 unspecified atom stereocenters. The van der Waals surface area contributed by atoms with Gasteiger partial charge in [0, 0.05) is 21.7 Å². The zero-order valence-corrected chi connectivity index (χ0v) is 22.2. The van der Waals surface area contributed by atoms with Gasteiger partial charge >= 0.3 is 0 Å². The van der Waals surface area contributed by atoms with Crippen LogP contribution in [0.4, 0.5) is 13.2 Å². The Morgan fingerprint density at radius 2 is 1.17 bits per heavy atom. The molecule has 0 spiro atoms. The van der Waals surface area contributed by atoms with Crippen LogP contribution in [0.15, 0.2) is 84.9 Å². The average Bonchev–Trinajstić information content (AvgIpc) is 3.51. The fourth-order valence-electron chi connectivity index (χ4n) is 5.27. The molecule has 42 heavy (non-hydrogen) atoms. The van der Waals surface area contributed by atoms with E-state index in [0.29, 0.717) is 0 Å². The van der Waals surface area contributed by atoms with Crippen LogP contribution >= 0.6 is 11.7 Å². The maximum atomic E-state index is 14.9. The number of fused-ring (bicyclic) bond motifs is 5. The number of nitriles is 2. The molecule has 7 rings (SSSR count). The summed E-state index contributed by atoms with van der Waals surface area (Å²) in [6, 6.07) is 28.7. The van der Waals surface area contributed by atoms with Gasteiger partial charge in [-0.05, 0) is 34.9 Å². The minimum Gasteiger partial charge on any atom is -0.247 e.